The van der Waals surface area contributed by atoms with Crippen molar-refractivity contribution in [2.75, 3.05) is 0 Å². The topological polar surface area (TPSA) is 122 Å². The van der Waals surface area contributed by atoms with Crippen molar-refractivity contribution < 1.29 is 19.6 Å². The van der Waals surface area contributed by atoms with Gasteiger partial charge in [-0.25, -0.2) is 10.2 Å². The Morgan fingerprint density at radius 1 is 1.19 bits per heavy atom. The number of nitro groups is 1. The van der Waals surface area contributed by atoms with Gasteiger partial charge in [0.2, 0.25) is 0 Å². The number of carbonyl (C=O) groups is 2. The van der Waals surface area contributed by atoms with E-state index in [1.54, 1.807) is 5.43 Å². The van der Waals surface area contributed by atoms with Gasteiger partial charge in [0.15, 0.2) is 0 Å². The highest BCUT2D eigenvalue weighted by Crippen LogP contribution is 2.11. The minimum atomic E-state index is -1.41. The number of amides is 2. The van der Waals surface area contributed by atoms with Gasteiger partial charge in [-0.05, 0) is 12.1 Å². The predicted molar refractivity (Wildman–Crippen MR) is 51.7 cm³/mol. The van der Waals surface area contributed by atoms with Gasteiger partial charge in [0.05, 0.1) is 4.92 Å². The summed E-state index contributed by atoms with van der Waals surface area (Å²) in [6, 6.07) is 4.74. The predicted octanol–water partition coefficient (Wildman–Crippen LogP) is 0.507. The second kappa shape index (κ2) is 4.73. The average molecular weight is 225 g/mol. The van der Waals surface area contributed by atoms with Crippen molar-refractivity contribution in [3.63, 3.8) is 0 Å². The Labute approximate surface area is 89.0 Å². The van der Waals surface area contributed by atoms with Crippen LogP contribution in [0, 0.1) is 10.1 Å². The number of nitrogens with one attached hydrogen (secondary N) is 2. The van der Waals surface area contributed by atoms with Gasteiger partial charge in [-0.2, -0.15) is 0 Å². The molecule has 0 aromatic heterocycles. The van der Waals surface area contributed by atoms with Crippen molar-refractivity contribution in [2.45, 2.75) is 0 Å². The van der Waals surface area contributed by atoms with Crippen LogP contribution in [0.5, 0.6) is 0 Å². The average Bonchev–Trinajstić information content (AvgIpc) is 2.26. The number of carboxylic acid groups (broad SMARTS) is 1. The van der Waals surface area contributed by atoms with Gasteiger partial charge >= 0.3 is 6.09 Å². The van der Waals surface area contributed by atoms with E-state index in [1.165, 1.54) is 12.1 Å². The Morgan fingerprint density at radius 2 is 1.75 bits per heavy atom. The summed E-state index contributed by atoms with van der Waals surface area (Å²) in [6.45, 7) is 0. The molecule has 84 valence electrons. The van der Waals surface area contributed by atoms with Crippen LogP contribution in [0.3, 0.4) is 0 Å². The number of nitro benzene ring substituents is 1. The van der Waals surface area contributed by atoms with E-state index < -0.39 is 16.9 Å². The molecule has 0 saturated heterocycles. The van der Waals surface area contributed by atoms with Crippen LogP contribution in [0.25, 0.3) is 0 Å². The first-order chi connectivity index (χ1) is 7.50. The number of nitrogens with zero attached hydrogens (tertiary/aromatic N) is 1. The lowest BCUT2D eigenvalue weighted by Gasteiger charge is -2.03. The highest BCUT2D eigenvalue weighted by Gasteiger charge is 2.09. The molecule has 2 amide bonds. The lowest BCUT2D eigenvalue weighted by Crippen LogP contribution is -2.40. The number of hydrogen-bond acceptors (Lipinski definition) is 4. The van der Waals surface area contributed by atoms with Crippen LogP contribution in [0.2, 0.25) is 0 Å². The molecule has 0 aliphatic heterocycles. The van der Waals surface area contributed by atoms with Crippen LogP contribution in [-0.4, -0.2) is 22.0 Å². The summed E-state index contributed by atoms with van der Waals surface area (Å²) in [5.74, 6) is -0.697. The standard InChI is InChI=1S/C8H7N3O5/c12-7(9-10-8(13)14)5-1-3-6(4-2-5)11(15)16/h1-4,10H,(H,9,12)(H,13,14). The van der Waals surface area contributed by atoms with E-state index in [9.17, 15) is 19.7 Å². The second-order valence-electron chi connectivity index (χ2n) is 2.69. The largest absolute Gasteiger partial charge is 0.464 e. The fraction of sp³-hybridized carbons (Fsp3) is 0. The van der Waals surface area contributed by atoms with Crippen molar-refractivity contribution in [2.24, 2.45) is 0 Å². The van der Waals surface area contributed by atoms with Gasteiger partial charge in [0.1, 0.15) is 0 Å². The summed E-state index contributed by atoms with van der Waals surface area (Å²) in [4.78, 5) is 31.0. The minimum absolute atomic E-state index is 0.111. The third-order valence-corrected chi connectivity index (χ3v) is 1.62. The Kier molecular flexibility index (Phi) is 3.38. The zero-order valence-corrected chi connectivity index (χ0v) is 7.84. The monoisotopic (exact) mass is 225 g/mol. The first-order valence-electron chi connectivity index (χ1n) is 4.04. The van der Waals surface area contributed by atoms with E-state index in [-0.39, 0.29) is 11.3 Å². The zero-order valence-electron chi connectivity index (χ0n) is 7.84. The maximum absolute atomic E-state index is 11.2. The van der Waals surface area contributed by atoms with Gasteiger partial charge in [-0.1, -0.05) is 0 Å². The number of rotatable bonds is 2. The van der Waals surface area contributed by atoms with Crippen LogP contribution in [0.1, 0.15) is 10.4 Å². The van der Waals surface area contributed by atoms with E-state index in [0.29, 0.717) is 0 Å². The first kappa shape index (κ1) is 11.4. The number of non-ortho nitro benzene ring substituents is 1. The van der Waals surface area contributed by atoms with Crippen LogP contribution < -0.4 is 10.9 Å². The molecule has 0 saturated carbocycles. The van der Waals surface area contributed by atoms with Crippen molar-refractivity contribution in [3.8, 4) is 0 Å². The summed E-state index contributed by atoms with van der Waals surface area (Å²) in [7, 11) is 0. The molecule has 1 aromatic carbocycles. The molecule has 0 bridgehead atoms. The smallest absolute Gasteiger partial charge is 0.423 e. The number of hydrazine groups is 1. The lowest BCUT2D eigenvalue weighted by molar-refractivity contribution is -0.384. The molecule has 0 radical (unpaired) electrons. The molecule has 8 nitrogen and oxygen atoms in total. The van der Waals surface area contributed by atoms with Crippen molar-refractivity contribution in [3.05, 3.63) is 39.9 Å². The van der Waals surface area contributed by atoms with Crippen LogP contribution in [0.4, 0.5) is 10.5 Å². The van der Waals surface area contributed by atoms with Gasteiger partial charge in [0, 0.05) is 17.7 Å². The fourth-order valence-corrected chi connectivity index (χ4v) is 0.917. The molecule has 1 rings (SSSR count). The van der Waals surface area contributed by atoms with Crippen LogP contribution in [0.15, 0.2) is 24.3 Å². The van der Waals surface area contributed by atoms with Gasteiger partial charge in [-0.15, -0.1) is 0 Å². The molecular formula is C8H7N3O5. The molecule has 0 fully saturated rings. The Hall–Kier alpha value is -2.64. The minimum Gasteiger partial charge on any atom is -0.464 e. The number of hydrogen-bond donors (Lipinski definition) is 3. The van der Waals surface area contributed by atoms with Crippen molar-refractivity contribution in [1.29, 1.82) is 0 Å². The highest BCUT2D eigenvalue weighted by atomic mass is 16.6. The van der Waals surface area contributed by atoms with Crippen molar-refractivity contribution >= 4 is 17.7 Å². The molecule has 16 heavy (non-hydrogen) atoms. The molecule has 0 unspecified atom stereocenters. The van der Waals surface area contributed by atoms with E-state index >= 15 is 0 Å². The van der Waals surface area contributed by atoms with Crippen molar-refractivity contribution in [1.82, 2.24) is 10.9 Å². The van der Waals surface area contributed by atoms with E-state index in [4.69, 9.17) is 5.11 Å². The highest BCUT2D eigenvalue weighted by molar-refractivity contribution is 5.94. The molecule has 0 atom stereocenters. The van der Waals surface area contributed by atoms with Crippen LogP contribution in [-0.2, 0) is 0 Å². The fourth-order valence-electron chi connectivity index (χ4n) is 0.917. The summed E-state index contributed by atoms with van der Waals surface area (Å²) in [6.07, 6.45) is -1.41. The third-order valence-electron chi connectivity index (χ3n) is 1.62. The molecule has 0 aliphatic carbocycles. The van der Waals surface area contributed by atoms with Gasteiger partial charge < -0.3 is 5.11 Å². The molecule has 8 heteroatoms. The number of carbonyl (C=O) groups excluding carboxylic acids is 1. The normalized spacial score (nSPS) is 9.25. The quantitative estimate of drug-likeness (QED) is 0.500. The third kappa shape index (κ3) is 2.94. The Morgan fingerprint density at radius 3 is 2.19 bits per heavy atom. The maximum atomic E-state index is 11.2. The summed E-state index contributed by atoms with van der Waals surface area (Å²) < 4.78 is 0. The zero-order chi connectivity index (χ0) is 12.1. The molecule has 0 aliphatic rings. The molecule has 0 spiro atoms. The van der Waals surface area contributed by atoms with Crippen LogP contribution >= 0.6 is 0 Å². The molecule has 1 aromatic rings. The van der Waals surface area contributed by atoms with Gasteiger partial charge in [0.25, 0.3) is 11.6 Å². The summed E-state index contributed by atoms with van der Waals surface area (Å²) in [5.41, 5.74) is 3.51. The summed E-state index contributed by atoms with van der Waals surface area (Å²) >= 11 is 0. The molecule has 3 N–H and O–H groups in total. The molecular weight excluding hydrogens is 218 g/mol. The van der Waals surface area contributed by atoms with E-state index in [1.807, 2.05) is 5.43 Å². The summed E-state index contributed by atoms with van der Waals surface area (Å²) in [5, 5.41) is 18.5. The van der Waals surface area contributed by atoms with E-state index in [0.717, 1.165) is 12.1 Å². The SMILES string of the molecule is O=C(O)NNC(=O)c1ccc([N+](=O)[O-])cc1. The lowest BCUT2D eigenvalue weighted by atomic mass is 10.2. The maximum Gasteiger partial charge on any atom is 0.423 e. The first-order valence-corrected chi connectivity index (χ1v) is 4.04. The second-order valence-corrected chi connectivity index (χ2v) is 2.69. The Balaban J connectivity index is 2.70. The Bertz CT molecular complexity index is 428. The van der Waals surface area contributed by atoms with Gasteiger partial charge in [-0.3, -0.25) is 20.3 Å². The molecule has 0 heterocycles. The van der Waals surface area contributed by atoms with E-state index in [2.05, 4.69) is 0 Å². The number of benzene rings is 1.